The van der Waals surface area contributed by atoms with Gasteiger partial charge in [0.15, 0.2) is 0 Å². The molecule has 8 nitrogen and oxygen atoms in total. The molecule has 1 heterocycles. The van der Waals surface area contributed by atoms with Gasteiger partial charge in [-0.05, 0) is 92.6 Å². The molecule has 49 heavy (non-hydrogen) atoms. The van der Waals surface area contributed by atoms with Gasteiger partial charge < -0.3 is 20.5 Å². The number of hydrogen-bond acceptors (Lipinski definition) is 5. The van der Waals surface area contributed by atoms with Crippen LogP contribution in [-0.4, -0.2) is 59.3 Å². The first-order valence-corrected chi connectivity index (χ1v) is 17.1. The van der Waals surface area contributed by atoms with Crippen molar-refractivity contribution < 1.29 is 24.2 Å². The maximum atomic E-state index is 13.4. The Kier molecular flexibility index (Phi) is 11.9. The summed E-state index contributed by atoms with van der Waals surface area (Å²) in [6.45, 7) is 8.61. The number of hydrogen-bond donors (Lipinski definition) is 3. The van der Waals surface area contributed by atoms with Crippen LogP contribution in [0.25, 0.3) is 11.1 Å². The van der Waals surface area contributed by atoms with Crippen LogP contribution in [0.3, 0.4) is 0 Å². The van der Waals surface area contributed by atoms with Gasteiger partial charge in [0.05, 0.1) is 0 Å². The van der Waals surface area contributed by atoms with Crippen molar-refractivity contribution in [3.05, 3.63) is 131 Å². The fourth-order valence-corrected chi connectivity index (χ4v) is 6.45. The summed E-state index contributed by atoms with van der Waals surface area (Å²) in [5, 5.41) is 15.3. The van der Waals surface area contributed by atoms with E-state index in [1.807, 2.05) is 24.3 Å². The van der Waals surface area contributed by atoms with Gasteiger partial charge in [0, 0.05) is 31.0 Å². The Morgan fingerprint density at radius 2 is 1.39 bits per heavy atom. The van der Waals surface area contributed by atoms with Gasteiger partial charge in [0.1, 0.15) is 11.6 Å². The average Bonchev–Trinajstić information content (AvgIpc) is 3.09. The molecular formula is C41H47N3O5. The first kappa shape index (κ1) is 35.4. The number of carboxylic acids is 1. The maximum absolute atomic E-state index is 13.4. The first-order chi connectivity index (χ1) is 23.5. The molecule has 3 N–H and O–H groups in total. The van der Waals surface area contributed by atoms with Crippen molar-refractivity contribution in [2.24, 2.45) is 5.92 Å². The van der Waals surface area contributed by atoms with E-state index in [9.17, 15) is 19.5 Å². The number of piperidine rings is 1. The van der Waals surface area contributed by atoms with E-state index in [4.69, 9.17) is 4.74 Å². The van der Waals surface area contributed by atoms with Crippen LogP contribution >= 0.6 is 0 Å². The topological polar surface area (TPSA) is 108 Å². The highest BCUT2D eigenvalue weighted by Gasteiger charge is 2.29. The second-order valence-corrected chi connectivity index (χ2v) is 13.8. The lowest BCUT2D eigenvalue weighted by Gasteiger charge is -2.36. The van der Waals surface area contributed by atoms with Crippen molar-refractivity contribution in [3.63, 3.8) is 0 Å². The Hall–Kier alpha value is -4.95. The molecule has 0 saturated carbocycles. The van der Waals surface area contributed by atoms with E-state index >= 15 is 0 Å². The molecule has 0 spiro atoms. The number of nitrogens with zero attached hydrogens (tertiary/aromatic N) is 1. The average molecular weight is 662 g/mol. The van der Waals surface area contributed by atoms with Crippen molar-refractivity contribution in [1.29, 1.82) is 0 Å². The maximum Gasteiger partial charge on any atom is 0.408 e. The smallest absolute Gasteiger partial charge is 0.408 e. The number of nitrogens with one attached hydrogen (secondary N) is 2. The van der Waals surface area contributed by atoms with Crippen molar-refractivity contribution in [2.45, 2.75) is 64.1 Å². The zero-order chi connectivity index (χ0) is 34.8. The molecule has 0 radical (unpaired) electrons. The molecule has 4 aromatic rings. The number of carbonyl (C=O) groups is 3. The molecule has 1 aliphatic rings. The molecule has 2 unspecified atom stereocenters. The minimum Gasteiger partial charge on any atom is -0.480 e. The van der Waals surface area contributed by atoms with Crippen molar-refractivity contribution in [2.75, 3.05) is 19.6 Å². The highest BCUT2D eigenvalue weighted by molar-refractivity contribution is 5.94. The van der Waals surface area contributed by atoms with Gasteiger partial charge in [-0.15, -0.1) is 0 Å². The summed E-state index contributed by atoms with van der Waals surface area (Å²) in [5.41, 5.74) is 5.31. The van der Waals surface area contributed by atoms with Crippen molar-refractivity contribution in [1.82, 2.24) is 15.5 Å². The van der Waals surface area contributed by atoms with E-state index in [1.165, 1.54) is 16.7 Å². The SMILES string of the molecule is CC(C)(C)OC(=O)NC(Cc1ccc(C(=O)NCC(c2ccc(-c3ccccc3)cc2)C2CCN(Cc3ccccc3)CC2)cc1)C(=O)O. The summed E-state index contributed by atoms with van der Waals surface area (Å²) in [4.78, 5) is 39.9. The third-order valence-corrected chi connectivity index (χ3v) is 9.02. The lowest BCUT2D eigenvalue weighted by atomic mass is 9.79. The lowest BCUT2D eigenvalue weighted by Crippen LogP contribution is -2.44. The van der Waals surface area contributed by atoms with Crippen LogP contribution in [-0.2, 0) is 22.5 Å². The van der Waals surface area contributed by atoms with Gasteiger partial charge in [-0.3, -0.25) is 9.69 Å². The van der Waals surface area contributed by atoms with Crippen LogP contribution in [0.1, 0.15) is 66.6 Å². The molecule has 5 rings (SSSR count). The van der Waals surface area contributed by atoms with E-state index < -0.39 is 23.7 Å². The number of alkyl carbamates (subject to hydrolysis) is 1. The molecule has 4 aromatic carbocycles. The van der Waals surface area contributed by atoms with E-state index in [-0.39, 0.29) is 18.2 Å². The molecule has 2 amide bonds. The van der Waals surface area contributed by atoms with Gasteiger partial charge in [0.25, 0.3) is 5.91 Å². The molecule has 1 saturated heterocycles. The fraction of sp³-hybridized carbons (Fsp3) is 0.341. The third-order valence-electron chi connectivity index (χ3n) is 9.02. The number of carbonyl (C=O) groups excluding carboxylic acids is 2. The summed E-state index contributed by atoms with van der Waals surface area (Å²) in [5.74, 6) is -0.771. The molecule has 0 aromatic heterocycles. The minimum absolute atomic E-state index is 0.0560. The molecule has 2 atom stereocenters. The van der Waals surface area contributed by atoms with Crippen LogP contribution in [0.15, 0.2) is 109 Å². The number of aliphatic carboxylic acids is 1. The Morgan fingerprint density at radius 3 is 1.98 bits per heavy atom. The van der Waals surface area contributed by atoms with Gasteiger partial charge in [0.2, 0.25) is 0 Å². The largest absolute Gasteiger partial charge is 0.480 e. The molecule has 8 heteroatoms. The number of rotatable bonds is 12. The molecule has 0 bridgehead atoms. The number of benzene rings is 4. The quantitative estimate of drug-likeness (QED) is 0.147. The van der Waals surface area contributed by atoms with Gasteiger partial charge in [-0.25, -0.2) is 9.59 Å². The Labute approximate surface area is 289 Å². The number of ether oxygens (including phenoxy) is 1. The number of likely N-dealkylation sites (tertiary alicyclic amines) is 1. The molecule has 1 fully saturated rings. The third kappa shape index (κ3) is 10.5. The van der Waals surface area contributed by atoms with E-state index in [2.05, 4.69) is 76.2 Å². The highest BCUT2D eigenvalue weighted by atomic mass is 16.6. The van der Waals surface area contributed by atoms with Crippen LogP contribution in [0.2, 0.25) is 0 Å². The second-order valence-electron chi connectivity index (χ2n) is 13.8. The lowest BCUT2D eigenvalue weighted by molar-refractivity contribution is -0.139. The Balaban J connectivity index is 1.24. The first-order valence-electron chi connectivity index (χ1n) is 17.1. The van der Waals surface area contributed by atoms with Crippen LogP contribution in [0, 0.1) is 5.92 Å². The molecule has 256 valence electrons. The second kappa shape index (κ2) is 16.4. The van der Waals surface area contributed by atoms with Crippen LogP contribution in [0.4, 0.5) is 4.79 Å². The summed E-state index contributed by atoms with van der Waals surface area (Å²) in [7, 11) is 0. The van der Waals surface area contributed by atoms with Gasteiger partial charge in [-0.2, -0.15) is 0 Å². The number of amides is 2. The summed E-state index contributed by atoms with van der Waals surface area (Å²) < 4.78 is 5.22. The molecule has 0 aliphatic carbocycles. The highest BCUT2D eigenvalue weighted by Crippen LogP contribution is 2.34. The zero-order valence-corrected chi connectivity index (χ0v) is 28.6. The fourth-order valence-electron chi connectivity index (χ4n) is 6.45. The summed E-state index contributed by atoms with van der Waals surface area (Å²) in [6, 6.07) is 35.3. The summed E-state index contributed by atoms with van der Waals surface area (Å²) in [6.07, 6.45) is 1.36. The van der Waals surface area contributed by atoms with Gasteiger partial charge >= 0.3 is 12.1 Å². The van der Waals surface area contributed by atoms with E-state index in [0.717, 1.165) is 38.0 Å². The zero-order valence-electron chi connectivity index (χ0n) is 28.6. The standard InChI is InChI=1S/C41H47N3O5/c1-41(2,3)49-40(48)43-37(39(46)47)26-29-14-16-35(17-15-29)38(45)42-27-36(33-20-18-32(19-21-33)31-12-8-5-9-13-31)34-22-24-44(25-23-34)28-30-10-6-4-7-11-30/h4-21,34,36-37H,22-28H2,1-3H3,(H,42,45)(H,43,48)(H,46,47). The van der Waals surface area contributed by atoms with E-state index in [0.29, 0.717) is 23.6 Å². The normalized spacial score (nSPS) is 15.2. The summed E-state index contributed by atoms with van der Waals surface area (Å²) >= 11 is 0. The Bertz CT molecular complexity index is 1660. The predicted octanol–water partition coefficient (Wildman–Crippen LogP) is 7.30. The number of carboxylic acid groups (broad SMARTS) is 1. The molecular weight excluding hydrogens is 614 g/mol. The monoisotopic (exact) mass is 661 g/mol. The van der Waals surface area contributed by atoms with Gasteiger partial charge in [-0.1, -0.05) is 97.1 Å². The van der Waals surface area contributed by atoms with Crippen molar-refractivity contribution in [3.8, 4) is 11.1 Å². The molecule has 1 aliphatic heterocycles. The van der Waals surface area contributed by atoms with Crippen molar-refractivity contribution >= 4 is 18.0 Å². The van der Waals surface area contributed by atoms with Crippen LogP contribution in [0.5, 0.6) is 0 Å². The minimum atomic E-state index is -1.17. The predicted molar refractivity (Wildman–Crippen MR) is 192 cm³/mol. The van der Waals surface area contributed by atoms with E-state index in [1.54, 1.807) is 45.0 Å². The van der Waals surface area contributed by atoms with Crippen LogP contribution < -0.4 is 10.6 Å². The Morgan fingerprint density at radius 1 is 0.796 bits per heavy atom.